The minimum absolute atomic E-state index is 0.112. The molecule has 3 aromatic rings. The maximum Gasteiger partial charge on any atom is 0.264 e. The van der Waals surface area contributed by atoms with Gasteiger partial charge in [-0.25, -0.2) is 8.42 Å². The van der Waals surface area contributed by atoms with E-state index in [-0.39, 0.29) is 23.4 Å². The SMILES string of the molecule is Cc1ccc(N(CC(=O)N[C@H](C)c2ccc3c(c2)CCC3)S(=O)(=O)c2ccccc2)cc1Cl. The summed E-state index contributed by atoms with van der Waals surface area (Å²) in [6, 6.07) is 19.1. The van der Waals surface area contributed by atoms with Crippen molar-refractivity contribution in [2.75, 3.05) is 10.8 Å². The number of nitrogens with zero attached hydrogens (tertiary/aromatic N) is 1. The Hall–Kier alpha value is -2.83. The number of nitrogens with one attached hydrogen (secondary N) is 1. The zero-order chi connectivity index (χ0) is 23.6. The third-order valence-corrected chi connectivity index (χ3v) is 8.26. The maximum atomic E-state index is 13.5. The van der Waals surface area contributed by atoms with E-state index >= 15 is 0 Å². The van der Waals surface area contributed by atoms with Crippen LogP contribution in [0, 0.1) is 6.92 Å². The summed E-state index contributed by atoms with van der Waals surface area (Å²) >= 11 is 6.28. The van der Waals surface area contributed by atoms with Crippen LogP contribution in [0.2, 0.25) is 5.02 Å². The van der Waals surface area contributed by atoms with Crippen LogP contribution in [-0.2, 0) is 27.7 Å². The molecule has 0 aliphatic heterocycles. The first kappa shape index (κ1) is 23.3. The van der Waals surface area contributed by atoms with Gasteiger partial charge in [0, 0.05) is 5.02 Å². The molecule has 1 N–H and O–H groups in total. The van der Waals surface area contributed by atoms with Gasteiger partial charge in [-0.1, -0.05) is 54.1 Å². The average Bonchev–Trinajstić information content (AvgIpc) is 3.28. The molecule has 0 unspecified atom stereocenters. The van der Waals surface area contributed by atoms with Gasteiger partial charge >= 0.3 is 0 Å². The van der Waals surface area contributed by atoms with Gasteiger partial charge in [-0.3, -0.25) is 9.10 Å². The van der Waals surface area contributed by atoms with Crippen LogP contribution in [0.3, 0.4) is 0 Å². The van der Waals surface area contributed by atoms with E-state index < -0.39 is 10.0 Å². The van der Waals surface area contributed by atoms with Crippen LogP contribution in [0.15, 0.2) is 71.6 Å². The summed E-state index contributed by atoms with van der Waals surface area (Å²) in [6.07, 6.45) is 3.31. The molecule has 172 valence electrons. The predicted molar refractivity (Wildman–Crippen MR) is 132 cm³/mol. The van der Waals surface area contributed by atoms with E-state index in [0.29, 0.717) is 10.7 Å². The minimum atomic E-state index is -3.97. The fourth-order valence-corrected chi connectivity index (χ4v) is 5.74. The Morgan fingerprint density at radius 2 is 1.76 bits per heavy atom. The highest BCUT2D eigenvalue weighted by molar-refractivity contribution is 7.92. The number of rotatable bonds is 7. The molecule has 5 nitrogen and oxygen atoms in total. The van der Waals surface area contributed by atoms with Gasteiger partial charge in [0.2, 0.25) is 5.91 Å². The Balaban J connectivity index is 1.59. The molecule has 0 radical (unpaired) electrons. The van der Waals surface area contributed by atoms with Crippen LogP contribution in [0.5, 0.6) is 0 Å². The highest BCUT2D eigenvalue weighted by Gasteiger charge is 2.28. The van der Waals surface area contributed by atoms with Gasteiger partial charge in [0.15, 0.2) is 0 Å². The molecule has 0 heterocycles. The number of anilines is 1. The van der Waals surface area contributed by atoms with Gasteiger partial charge in [0.25, 0.3) is 10.0 Å². The second-order valence-electron chi connectivity index (χ2n) is 8.43. The zero-order valence-electron chi connectivity index (χ0n) is 18.7. The number of hydrogen-bond donors (Lipinski definition) is 1. The van der Waals surface area contributed by atoms with Crippen LogP contribution < -0.4 is 9.62 Å². The second-order valence-corrected chi connectivity index (χ2v) is 10.7. The third kappa shape index (κ3) is 5.07. The molecule has 0 aromatic heterocycles. The third-order valence-electron chi connectivity index (χ3n) is 6.06. The number of carbonyl (C=O) groups is 1. The minimum Gasteiger partial charge on any atom is -0.348 e. The van der Waals surface area contributed by atoms with Gasteiger partial charge < -0.3 is 5.32 Å². The van der Waals surface area contributed by atoms with Gasteiger partial charge in [-0.2, -0.15) is 0 Å². The monoisotopic (exact) mass is 482 g/mol. The topological polar surface area (TPSA) is 66.5 Å². The molecule has 7 heteroatoms. The fraction of sp³-hybridized carbons (Fsp3) is 0.269. The molecule has 1 amide bonds. The number of fused-ring (bicyclic) bond motifs is 1. The molecule has 0 fully saturated rings. The molecule has 0 saturated heterocycles. The largest absolute Gasteiger partial charge is 0.348 e. The van der Waals surface area contributed by atoms with Crippen molar-refractivity contribution in [3.05, 3.63) is 94.0 Å². The van der Waals surface area contributed by atoms with Crippen LogP contribution in [0.4, 0.5) is 5.69 Å². The normalized spacial score (nSPS) is 13.9. The Morgan fingerprint density at radius 3 is 2.48 bits per heavy atom. The molecule has 3 aromatic carbocycles. The number of aryl methyl sites for hydroxylation is 3. The van der Waals surface area contributed by atoms with E-state index in [4.69, 9.17) is 11.6 Å². The lowest BCUT2D eigenvalue weighted by Crippen LogP contribution is -2.41. The quantitative estimate of drug-likeness (QED) is 0.502. The summed E-state index contributed by atoms with van der Waals surface area (Å²) < 4.78 is 28.0. The first-order valence-corrected chi connectivity index (χ1v) is 12.8. The Kier molecular flexibility index (Phi) is 6.77. The maximum absolute atomic E-state index is 13.5. The predicted octanol–water partition coefficient (Wildman–Crippen LogP) is 5.21. The average molecular weight is 483 g/mol. The Morgan fingerprint density at radius 1 is 1.03 bits per heavy atom. The number of amides is 1. The van der Waals surface area contributed by atoms with E-state index in [1.165, 1.54) is 23.3 Å². The number of benzene rings is 3. The van der Waals surface area contributed by atoms with E-state index in [2.05, 4.69) is 17.4 Å². The molecule has 0 bridgehead atoms. The lowest BCUT2D eigenvalue weighted by Gasteiger charge is -2.25. The molecular weight excluding hydrogens is 456 g/mol. The molecule has 1 atom stereocenters. The van der Waals surface area contributed by atoms with Crippen molar-refractivity contribution in [1.29, 1.82) is 0 Å². The van der Waals surface area contributed by atoms with Crippen molar-refractivity contribution in [2.24, 2.45) is 0 Å². The van der Waals surface area contributed by atoms with Crippen LogP contribution in [0.1, 0.15) is 41.6 Å². The first-order chi connectivity index (χ1) is 15.8. The summed E-state index contributed by atoms with van der Waals surface area (Å²) in [5.41, 5.74) is 4.88. The van der Waals surface area contributed by atoms with Gasteiger partial charge in [-0.05, 0) is 79.6 Å². The molecule has 4 rings (SSSR count). The fourth-order valence-electron chi connectivity index (χ4n) is 4.13. The molecular formula is C26H27ClN2O3S. The Labute approximate surface area is 200 Å². The first-order valence-electron chi connectivity index (χ1n) is 11.0. The smallest absolute Gasteiger partial charge is 0.264 e. The highest BCUT2D eigenvalue weighted by Crippen LogP contribution is 2.29. The summed E-state index contributed by atoms with van der Waals surface area (Å²) in [5, 5.41) is 3.40. The van der Waals surface area contributed by atoms with E-state index in [9.17, 15) is 13.2 Å². The van der Waals surface area contributed by atoms with E-state index in [0.717, 1.165) is 34.7 Å². The molecule has 1 aliphatic carbocycles. The van der Waals surface area contributed by atoms with Crippen molar-refractivity contribution in [1.82, 2.24) is 5.32 Å². The number of hydrogen-bond acceptors (Lipinski definition) is 3. The summed E-state index contributed by atoms with van der Waals surface area (Å²) in [7, 11) is -3.97. The van der Waals surface area contributed by atoms with E-state index in [1.54, 1.807) is 36.4 Å². The Bertz CT molecular complexity index is 1280. The number of carbonyl (C=O) groups excluding carboxylic acids is 1. The number of sulfonamides is 1. The summed E-state index contributed by atoms with van der Waals surface area (Å²) in [4.78, 5) is 13.1. The number of halogens is 1. The van der Waals surface area contributed by atoms with Crippen molar-refractivity contribution >= 4 is 33.2 Å². The standard InChI is InChI=1S/C26H27ClN2O3S/c1-18-11-14-23(16-25(18)27)29(33(31,32)24-9-4-3-5-10-24)17-26(30)28-19(2)21-13-12-20-7-6-8-22(20)15-21/h3-5,9-16,19H,6-8,17H2,1-2H3,(H,28,30)/t19-/m1/s1. The zero-order valence-corrected chi connectivity index (χ0v) is 20.3. The molecule has 0 saturated carbocycles. The molecule has 33 heavy (non-hydrogen) atoms. The van der Waals surface area contributed by atoms with Gasteiger partial charge in [-0.15, -0.1) is 0 Å². The highest BCUT2D eigenvalue weighted by atomic mass is 35.5. The van der Waals surface area contributed by atoms with Crippen molar-refractivity contribution in [2.45, 2.75) is 44.0 Å². The van der Waals surface area contributed by atoms with Crippen molar-refractivity contribution < 1.29 is 13.2 Å². The van der Waals surface area contributed by atoms with Crippen molar-refractivity contribution in [3.8, 4) is 0 Å². The van der Waals surface area contributed by atoms with Crippen molar-refractivity contribution in [3.63, 3.8) is 0 Å². The van der Waals surface area contributed by atoms with Crippen LogP contribution >= 0.6 is 11.6 Å². The van der Waals surface area contributed by atoms with Gasteiger partial charge in [0.05, 0.1) is 16.6 Å². The van der Waals surface area contributed by atoms with Crippen LogP contribution in [0.25, 0.3) is 0 Å². The lowest BCUT2D eigenvalue weighted by molar-refractivity contribution is -0.120. The molecule has 0 spiro atoms. The van der Waals surface area contributed by atoms with Gasteiger partial charge in [0.1, 0.15) is 6.54 Å². The lowest BCUT2D eigenvalue weighted by atomic mass is 10.0. The van der Waals surface area contributed by atoms with E-state index in [1.807, 2.05) is 19.9 Å². The van der Waals surface area contributed by atoms with Crippen LogP contribution in [-0.4, -0.2) is 20.9 Å². The summed E-state index contributed by atoms with van der Waals surface area (Å²) in [6.45, 7) is 3.40. The second kappa shape index (κ2) is 9.57. The summed E-state index contributed by atoms with van der Waals surface area (Å²) in [5.74, 6) is -0.390. The molecule has 1 aliphatic rings.